The van der Waals surface area contributed by atoms with Gasteiger partial charge in [-0.3, -0.25) is 19.6 Å². The van der Waals surface area contributed by atoms with E-state index in [-0.39, 0.29) is 37.4 Å². The number of thioether (sulfide) groups is 1. The molecular weight excluding hydrogens is 588 g/mol. The van der Waals surface area contributed by atoms with Crippen molar-refractivity contribution >= 4 is 48.1 Å². The predicted molar refractivity (Wildman–Crippen MR) is 157 cm³/mol. The summed E-state index contributed by atoms with van der Waals surface area (Å²) in [5.41, 5.74) is 17.1. The first kappa shape index (κ1) is 34.3. The normalized spacial score (nSPS) is 15.3. The molecular formula is C27H35BF3N6O5S. The van der Waals surface area contributed by atoms with Gasteiger partial charge in [0.1, 0.15) is 6.04 Å². The molecule has 2 aromatic rings. The highest BCUT2D eigenvalue weighted by atomic mass is 32.2. The fourth-order valence-corrected chi connectivity index (χ4v) is 5.07. The smallest absolute Gasteiger partial charge is 0.416 e. The quantitative estimate of drug-likeness (QED) is 0.0810. The molecule has 11 nitrogen and oxygen atoms in total. The van der Waals surface area contributed by atoms with Gasteiger partial charge in [-0.25, -0.2) is 0 Å². The summed E-state index contributed by atoms with van der Waals surface area (Å²) >= 11 is 0.998. The molecule has 0 aromatic heterocycles. The van der Waals surface area contributed by atoms with E-state index >= 15 is 0 Å². The number of amides is 3. The summed E-state index contributed by atoms with van der Waals surface area (Å²) in [5.74, 6) is -2.23. The lowest BCUT2D eigenvalue weighted by Gasteiger charge is -2.26. The minimum atomic E-state index is -4.51. The lowest BCUT2D eigenvalue weighted by Crippen LogP contribution is -2.53. The molecule has 1 aliphatic heterocycles. The number of hydrogen-bond donors (Lipinski definition) is 6. The summed E-state index contributed by atoms with van der Waals surface area (Å²) in [4.78, 5) is 39.0. The van der Waals surface area contributed by atoms with Crippen LogP contribution in [0.15, 0.2) is 47.4 Å². The van der Waals surface area contributed by atoms with Crippen LogP contribution in [0.25, 0.3) is 0 Å². The van der Waals surface area contributed by atoms with Crippen LogP contribution in [-0.4, -0.2) is 67.4 Å². The lowest BCUT2D eigenvalue weighted by molar-refractivity contribution is -0.137. The maximum Gasteiger partial charge on any atom is 0.416 e. The maximum absolute atomic E-state index is 13.5. The number of carbonyl (C=O) groups is 3. The Morgan fingerprint density at radius 3 is 2.35 bits per heavy atom. The zero-order chi connectivity index (χ0) is 31.9. The Labute approximate surface area is 252 Å². The number of hydroxylamine groups is 1. The van der Waals surface area contributed by atoms with Crippen molar-refractivity contribution in [2.45, 2.75) is 61.5 Å². The van der Waals surface area contributed by atoms with E-state index in [2.05, 4.69) is 10.6 Å². The molecule has 0 unspecified atom stereocenters. The molecule has 2 atom stereocenters. The van der Waals surface area contributed by atoms with E-state index in [0.29, 0.717) is 9.96 Å². The number of fused-ring (bicyclic) bond motifs is 1. The summed E-state index contributed by atoms with van der Waals surface area (Å²) in [6.07, 6.45) is -4.69. The van der Waals surface area contributed by atoms with Gasteiger partial charge in [0.2, 0.25) is 11.8 Å². The number of benzene rings is 2. The van der Waals surface area contributed by atoms with Crippen molar-refractivity contribution in [3.05, 3.63) is 53.6 Å². The third-order valence-electron chi connectivity index (χ3n) is 6.79. The molecule has 3 amide bonds. The second kappa shape index (κ2) is 14.6. The van der Waals surface area contributed by atoms with Crippen LogP contribution in [0.3, 0.4) is 0 Å². The lowest BCUT2D eigenvalue weighted by atomic mass is 9.84. The van der Waals surface area contributed by atoms with Crippen molar-refractivity contribution < 1.29 is 37.4 Å². The topological polar surface area (TPSA) is 186 Å². The van der Waals surface area contributed by atoms with Crippen molar-refractivity contribution in [3.63, 3.8) is 0 Å². The molecule has 0 saturated heterocycles. The molecule has 1 radical (unpaired) electrons. The van der Waals surface area contributed by atoms with Crippen molar-refractivity contribution in [2.75, 3.05) is 23.9 Å². The number of halogens is 3. The molecule has 0 bridgehead atoms. The number of rotatable bonds is 13. The van der Waals surface area contributed by atoms with Gasteiger partial charge in [-0.15, -0.1) is 11.8 Å². The molecule has 1 heterocycles. The molecule has 0 saturated carbocycles. The minimum Gasteiger partial charge on any atom is -0.426 e. The van der Waals surface area contributed by atoms with E-state index in [1.165, 1.54) is 18.2 Å². The van der Waals surface area contributed by atoms with E-state index in [1.54, 1.807) is 19.6 Å². The number of nitrogens with zero attached hydrogens (tertiary/aromatic N) is 1. The molecule has 2 aromatic carbocycles. The standard InChI is InChI=1S/C27H35BF3N6O5S/c1-26(2)19-11-17(5-8-20(19)28-42-26)37(41)25(40)22(14-43-18-6-3-15(4-7-18)27(29,30)31)36-24(39)21(34)9-10-23(38)35-16(12-32)13-33/h3-8,11,16,21-22,41H,9-10,12-14,32-34H2,1-2H3,(H,35,38)(H,36,39)/t21-,22+/m0/s1. The highest BCUT2D eigenvalue weighted by molar-refractivity contribution is 7.99. The van der Waals surface area contributed by atoms with Crippen LogP contribution in [-0.2, 0) is 30.8 Å². The van der Waals surface area contributed by atoms with Crippen LogP contribution in [0.5, 0.6) is 0 Å². The summed E-state index contributed by atoms with van der Waals surface area (Å²) < 4.78 is 44.5. The molecule has 43 heavy (non-hydrogen) atoms. The zero-order valence-electron chi connectivity index (χ0n) is 23.7. The van der Waals surface area contributed by atoms with Crippen LogP contribution in [0.2, 0.25) is 0 Å². The van der Waals surface area contributed by atoms with Crippen LogP contribution < -0.4 is 38.4 Å². The highest BCUT2D eigenvalue weighted by Crippen LogP contribution is 2.32. The van der Waals surface area contributed by atoms with Crippen LogP contribution in [0.4, 0.5) is 18.9 Å². The maximum atomic E-state index is 13.5. The van der Waals surface area contributed by atoms with E-state index in [9.17, 15) is 32.8 Å². The Morgan fingerprint density at radius 1 is 1.09 bits per heavy atom. The van der Waals surface area contributed by atoms with Crippen LogP contribution in [0, 0.1) is 0 Å². The van der Waals surface area contributed by atoms with Gasteiger partial charge in [0.25, 0.3) is 5.91 Å². The number of anilines is 1. The number of alkyl halides is 3. The Bertz CT molecular complexity index is 1300. The van der Waals surface area contributed by atoms with E-state index in [0.717, 1.165) is 34.9 Å². The van der Waals surface area contributed by atoms with Crippen LogP contribution in [0.1, 0.15) is 37.8 Å². The second-order valence-corrected chi connectivity index (χ2v) is 11.5. The van der Waals surface area contributed by atoms with E-state index < -0.39 is 53.2 Å². The van der Waals surface area contributed by atoms with Gasteiger partial charge in [0.15, 0.2) is 0 Å². The molecule has 9 N–H and O–H groups in total. The summed E-state index contributed by atoms with van der Waals surface area (Å²) in [7, 11) is 1.57. The number of carbonyl (C=O) groups excluding carboxylic acids is 3. The van der Waals surface area contributed by atoms with Gasteiger partial charge in [0.05, 0.1) is 28.9 Å². The van der Waals surface area contributed by atoms with Gasteiger partial charge in [0, 0.05) is 30.2 Å². The SMILES string of the molecule is CC1(C)O[B]c2ccc(N(O)C(=O)[C@@H](CSc3ccc(C(F)(F)F)cc3)NC(=O)[C@@H](N)CCC(=O)NC(CN)CN)cc21. The summed E-state index contributed by atoms with van der Waals surface area (Å²) in [5, 5.41) is 16.4. The monoisotopic (exact) mass is 623 g/mol. The first-order chi connectivity index (χ1) is 20.2. The van der Waals surface area contributed by atoms with Gasteiger partial charge in [-0.2, -0.15) is 18.2 Å². The van der Waals surface area contributed by atoms with Gasteiger partial charge >= 0.3 is 13.7 Å². The van der Waals surface area contributed by atoms with E-state index in [4.69, 9.17) is 21.9 Å². The fraction of sp³-hybridized carbons (Fsp3) is 0.444. The van der Waals surface area contributed by atoms with Crippen molar-refractivity contribution in [1.82, 2.24) is 10.6 Å². The fourth-order valence-electron chi connectivity index (χ4n) is 4.15. The Hall–Kier alpha value is -3.15. The van der Waals surface area contributed by atoms with Crippen LogP contribution >= 0.6 is 11.8 Å². The van der Waals surface area contributed by atoms with Gasteiger partial charge in [-0.1, -0.05) is 6.07 Å². The summed E-state index contributed by atoms with van der Waals surface area (Å²) in [6.45, 7) is 3.92. The Balaban J connectivity index is 1.74. The zero-order valence-corrected chi connectivity index (χ0v) is 24.5. The van der Waals surface area contributed by atoms with Crippen molar-refractivity contribution in [1.29, 1.82) is 0 Å². The third-order valence-corrected chi connectivity index (χ3v) is 7.89. The number of hydrogen-bond acceptors (Lipinski definition) is 9. The molecule has 233 valence electrons. The second-order valence-electron chi connectivity index (χ2n) is 10.4. The first-order valence-electron chi connectivity index (χ1n) is 13.4. The van der Waals surface area contributed by atoms with Crippen molar-refractivity contribution in [3.8, 4) is 0 Å². The van der Waals surface area contributed by atoms with Gasteiger partial charge < -0.3 is 32.5 Å². The van der Waals surface area contributed by atoms with E-state index in [1.807, 2.05) is 13.8 Å². The number of nitrogens with one attached hydrogen (secondary N) is 2. The number of nitrogens with two attached hydrogens (primary N) is 3. The Kier molecular flexibility index (Phi) is 11.6. The highest BCUT2D eigenvalue weighted by Gasteiger charge is 2.34. The average Bonchev–Trinajstić information content (AvgIpc) is 3.28. The summed E-state index contributed by atoms with van der Waals surface area (Å²) in [6, 6.07) is 6.09. The molecule has 0 spiro atoms. The molecule has 0 fully saturated rings. The molecule has 3 rings (SSSR count). The molecule has 16 heteroatoms. The largest absolute Gasteiger partial charge is 0.426 e. The average molecular weight is 623 g/mol. The molecule has 1 aliphatic rings. The minimum absolute atomic E-state index is 0.0638. The third kappa shape index (κ3) is 9.17. The predicted octanol–water partition coefficient (Wildman–Crippen LogP) is 0.724. The first-order valence-corrected chi connectivity index (χ1v) is 14.4. The molecule has 0 aliphatic carbocycles. The van der Waals surface area contributed by atoms with Gasteiger partial charge in [-0.05, 0) is 67.7 Å². The van der Waals surface area contributed by atoms with Crippen molar-refractivity contribution in [2.24, 2.45) is 17.2 Å². The Morgan fingerprint density at radius 2 is 1.74 bits per heavy atom.